The molecule has 1 aliphatic heterocycles. The molecule has 1 saturated carbocycles. The van der Waals surface area contributed by atoms with Crippen molar-refractivity contribution in [1.29, 1.82) is 0 Å². The average molecular weight is 289 g/mol. The van der Waals surface area contributed by atoms with Crippen molar-refractivity contribution in [2.45, 2.75) is 58.4 Å². The number of carbonyl (C=O) groups excluding carboxylic acids is 1. The highest BCUT2D eigenvalue weighted by molar-refractivity contribution is 5.85. The number of likely N-dealkylation sites (tertiary alicyclic amines) is 1. The Balaban J connectivity index is 0.00000180. The van der Waals surface area contributed by atoms with E-state index in [1.807, 2.05) is 0 Å². The number of carbonyl (C=O) groups is 1. The number of fused-ring (bicyclic) bond motifs is 1. The van der Waals surface area contributed by atoms with Gasteiger partial charge in [0.05, 0.1) is 0 Å². The highest BCUT2D eigenvalue weighted by atomic mass is 35.5. The Morgan fingerprint density at radius 1 is 1.32 bits per heavy atom. The van der Waals surface area contributed by atoms with Gasteiger partial charge in [-0.05, 0) is 37.5 Å². The van der Waals surface area contributed by atoms with Crippen LogP contribution in [0.15, 0.2) is 0 Å². The summed E-state index contributed by atoms with van der Waals surface area (Å²) in [6, 6.07) is 0.337. The van der Waals surface area contributed by atoms with Gasteiger partial charge in [0.15, 0.2) is 0 Å². The predicted molar refractivity (Wildman–Crippen MR) is 81.3 cm³/mol. The minimum Gasteiger partial charge on any atom is -0.342 e. The van der Waals surface area contributed by atoms with E-state index >= 15 is 0 Å². The lowest BCUT2D eigenvalue weighted by Crippen LogP contribution is -2.37. The van der Waals surface area contributed by atoms with Crippen molar-refractivity contribution in [2.24, 2.45) is 23.5 Å². The maximum absolute atomic E-state index is 12.5. The maximum Gasteiger partial charge on any atom is 0.225 e. The van der Waals surface area contributed by atoms with Gasteiger partial charge in [0.1, 0.15) is 0 Å². The minimum absolute atomic E-state index is 0. The molecule has 0 aromatic heterocycles. The van der Waals surface area contributed by atoms with Gasteiger partial charge >= 0.3 is 0 Å². The Morgan fingerprint density at radius 3 is 2.63 bits per heavy atom. The quantitative estimate of drug-likeness (QED) is 0.845. The third-order valence-electron chi connectivity index (χ3n) is 4.97. The van der Waals surface area contributed by atoms with E-state index in [4.69, 9.17) is 5.73 Å². The van der Waals surface area contributed by atoms with Crippen LogP contribution in [0.2, 0.25) is 0 Å². The Bertz CT molecular complexity index is 298. The average Bonchev–Trinajstić information content (AvgIpc) is 2.93. The summed E-state index contributed by atoms with van der Waals surface area (Å²) < 4.78 is 0. The third kappa shape index (κ3) is 3.63. The van der Waals surface area contributed by atoms with Gasteiger partial charge < -0.3 is 10.6 Å². The summed E-state index contributed by atoms with van der Waals surface area (Å²) in [4.78, 5) is 14.6. The molecule has 4 atom stereocenters. The first-order valence-electron chi connectivity index (χ1n) is 7.71. The van der Waals surface area contributed by atoms with Gasteiger partial charge in [-0.1, -0.05) is 26.7 Å². The fraction of sp³-hybridized carbons (Fsp3) is 0.933. The summed E-state index contributed by atoms with van der Waals surface area (Å²) in [6.07, 6.45) is 6.77. The molecule has 1 heterocycles. The molecule has 4 unspecified atom stereocenters. The molecule has 1 aliphatic carbocycles. The topological polar surface area (TPSA) is 46.3 Å². The normalized spacial score (nSPS) is 30.9. The van der Waals surface area contributed by atoms with Crippen molar-refractivity contribution >= 4 is 18.3 Å². The highest BCUT2D eigenvalue weighted by Gasteiger charge is 2.43. The summed E-state index contributed by atoms with van der Waals surface area (Å²) in [5.74, 6) is 1.91. The van der Waals surface area contributed by atoms with E-state index in [0.717, 1.165) is 32.4 Å². The molecule has 0 radical (unpaired) electrons. The number of hydrogen-bond donors (Lipinski definition) is 1. The number of rotatable bonds is 5. The monoisotopic (exact) mass is 288 g/mol. The van der Waals surface area contributed by atoms with Gasteiger partial charge in [-0.25, -0.2) is 0 Å². The smallest absolute Gasteiger partial charge is 0.225 e. The van der Waals surface area contributed by atoms with E-state index in [0.29, 0.717) is 23.8 Å². The van der Waals surface area contributed by atoms with Crippen LogP contribution in [0.3, 0.4) is 0 Å². The number of amides is 1. The van der Waals surface area contributed by atoms with E-state index in [-0.39, 0.29) is 18.3 Å². The van der Waals surface area contributed by atoms with Crippen LogP contribution < -0.4 is 5.73 Å². The number of halogens is 1. The van der Waals surface area contributed by atoms with Crippen LogP contribution in [0.5, 0.6) is 0 Å². The number of hydrogen-bond acceptors (Lipinski definition) is 2. The predicted octanol–water partition coefficient (Wildman–Crippen LogP) is 2.82. The Kier molecular flexibility index (Phi) is 6.61. The summed E-state index contributed by atoms with van der Waals surface area (Å²) in [7, 11) is 0. The van der Waals surface area contributed by atoms with E-state index in [1.165, 1.54) is 19.3 Å². The lowest BCUT2D eigenvalue weighted by Gasteiger charge is -2.24. The molecule has 2 rings (SSSR count). The maximum atomic E-state index is 12.5. The van der Waals surface area contributed by atoms with Gasteiger partial charge in [0.2, 0.25) is 5.91 Å². The molecule has 19 heavy (non-hydrogen) atoms. The molecule has 0 aromatic carbocycles. The molecule has 112 valence electrons. The van der Waals surface area contributed by atoms with Crippen molar-refractivity contribution in [3.63, 3.8) is 0 Å². The highest BCUT2D eigenvalue weighted by Crippen LogP contribution is 2.37. The first-order valence-corrected chi connectivity index (χ1v) is 7.71. The first kappa shape index (κ1) is 16.8. The van der Waals surface area contributed by atoms with E-state index in [1.54, 1.807) is 0 Å². The van der Waals surface area contributed by atoms with Crippen LogP contribution in [0.4, 0.5) is 0 Å². The number of unbranched alkanes of at least 4 members (excludes halogenated alkanes) is 1. The van der Waals surface area contributed by atoms with Crippen molar-refractivity contribution in [1.82, 2.24) is 4.90 Å². The minimum atomic E-state index is 0. The Morgan fingerprint density at radius 2 is 2.05 bits per heavy atom. The molecule has 0 bridgehead atoms. The molecular weight excluding hydrogens is 260 g/mol. The second kappa shape index (κ2) is 7.49. The van der Waals surface area contributed by atoms with Gasteiger partial charge in [0.25, 0.3) is 0 Å². The molecule has 0 spiro atoms. The summed E-state index contributed by atoms with van der Waals surface area (Å²) in [6.45, 7) is 6.23. The van der Waals surface area contributed by atoms with Crippen molar-refractivity contribution in [2.75, 3.05) is 13.1 Å². The largest absolute Gasteiger partial charge is 0.342 e. The standard InChI is InChI=1S/C15H28N2O.ClH/c1-3-5-6-11(4-2)15(18)17-9-12-7-8-14(16)13(12)10-17;/h11-14H,3-10,16H2,1-2H3;1H. The molecule has 0 aromatic rings. The number of nitrogens with two attached hydrogens (primary N) is 1. The summed E-state index contributed by atoms with van der Waals surface area (Å²) in [5, 5.41) is 0. The van der Waals surface area contributed by atoms with Gasteiger partial charge in [-0.2, -0.15) is 0 Å². The van der Waals surface area contributed by atoms with E-state index in [2.05, 4.69) is 18.7 Å². The molecule has 1 saturated heterocycles. The van der Waals surface area contributed by atoms with Crippen molar-refractivity contribution < 1.29 is 4.79 Å². The van der Waals surface area contributed by atoms with Crippen molar-refractivity contribution in [3.05, 3.63) is 0 Å². The van der Waals surface area contributed by atoms with Crippen LogP contribution >= 0.6 is 12.4 Å². The van der Waals surface area contributed by atoms with Crippen molar-refractivity contribution in [3.8, 4) is 0 Å². The zero-order chi connectivity index (χ0) is 13.1. The lowest BCUT2D eigenvalue weighted by atomic mass is 9.97. The van der Waals surface area contributed by atoms with Crippen LogP contribution in [0.1, 0.15) is 52.4 Å². The van der Waals surface area contributed by atoms with E-state index in [9.17, 15) is 4.79 Å². The zero-order valence-corrected chi connectivity index (χ0v) is 13.1. The Hall–Kier alpha value is -0.280. The van der Waals surface area contributed by atoms with Crippen LogP contribution in [-0.4, -0.2) is 29.9 Å². The lowest BCUT2D eigenvalue weighted by molar-refractivity contribution is -0.135. The fourth-order valence-electron chi connectivity index (χ4n) is 3.70. The van der Waals surface area contributed by atoms with Gasteiger partial charge in [-0.3, -0.25) is 4.79 Å². The fourth-order valence-corrected chi connectivity index (χ4v) is 3.70. The van der Waals surface area contributed by atoms with Gasteiger partial charge in [-0.15, -0.1) is 12.4 Å². The van der Waals surface area contributed by atoms with Crippen LogP contribution in [0, 0.1) is 17.8 Å². The molecular formula is C15H29ClN2O. The molecule has 3 nitrogen and oxygen atoms in total. The van der Waals surface area contributed by atoms with Crippen LogP contribution in [-0.2, 0) is 4.79 Å². The SMILES string of the molecule is CCCCC(CC)C(=O)N1CC2CCC(N)C2C1.Cl. The van der Waals surface area contributed by atoms with E-state index < -0.39 is 0 Å². The molecule has 2 N–H and O–H groups in total. The third-order valence-corrected chi connectivity index (χ3v) is 4.97. The summed E-state index contributed by atoms with van der Waals surface area (Å²) >= 11 is 0. The zero-order valence-electron chi connectivity index (χ0n) is 12.3. The van der Waals surface area contributed by atoms with Gasteiger partial charge in [0, 0.05) is 25.0 Å². The second-order valence-corrected chi connectivity index (χ2v) is 6.16. The second-order valence-electron chi connectivity index (χ2n) is 6.16. The van der Waals surface area contributed by atoms with Crippen LogP contribution in [0.25, 0.3) is 0 Å². The molecule has 4 heteroatoms. The molecule has 1 amide bonds. The summed E-state index contributed by atoms with van der Waals surface area (Å²) in [5.41, 5.74) is 6.13. The number of nitrogens with zero attached hydrogens (tertiary/aromatic N) is 1. The Labute approximate surface area is 123 Å². The molecule has 2 fully saturated rings. The first-order chi connectivity index (χ1) is 8.67. The molecule has 2 aliphatic rings.